The lowest BCUT2D eigenvalue weighted by molar-refractivity contribution is 0.287. The first-order valence-corrected chi connectivity index (χ1v) is 4.94. The van der Waals surface area contributed by atoms with Crippen molar-refractivity contribution in [3.63, 3.8) is 0 Å². The van der Waals surface area contributed by atoms with Crippen molar-refractivity contribution in [2.45, 2.75) is 66.7 Å². The van der Waals surface area contributed by atoms with Gasteiger partial charge in [-0.2, -0.15) is 0 Å². The molecule has 0 fully saturated rings. The molecule has 0 unspecified atom stereocenters. The summed E-state index contributed by atoms with van der Waals surface area (Å²) in [6.07, 6.45) is 7.57. The van der Waals surface area contributed by atoms with Crippen LogP contribution in [0.3, 0.4) is 0 Å². The Morgan fingerprint density at radius 2 is 1.08 bits per heavy atom. The summed E-state index contributed by atoms with van der Waals surface area (Å²) < 4.78 is 0. The SMILES string of the molecule is C.CCCCCC.CCCCO. The van der Waals surface area contributed by atoms with E-state index in [0.717, 1.165) is 12.8 Å². The van der Waals surface area contributed by atoms with Crippen molar-refractivity contribution in [1.29, 1.82) is 0 Å². The highest BCUT2D eigenvalue weighted by molar-refractivity contribution is 4.31. The van der Waals surface area contributed by atoms with Gasteiger partial charge in [-0.05, 0) is 6.42 Å². The first-order valence-electron chi connectivity index (χ1n) is 4.94. The molecule has 0 aliphatic carbocycles. The predicted molar refractivity (Wildman–Crippen MR) is 58.5 cm³/mol. The van der Waals surface area contributed by atoms with Crippen LogP contribution in [0.15, 0.2) is 0 Å². The van der Waals surface area contributed by atoms with Crippen molar-refractivity contribution in [3.05, 3.63) is 0 Å². The molecule has 0 aromatic carbocycles. The van der Waals surface area contributed by atoms with E-state index in [1.54, 1.807) is 0 Å². The van der Waals surface area contributed by atoms with Gasteiger partial charge < -0.3 is 5.11 Å². The number of rotatable bonds is 5. The van der Waals surface area contributed by atoms with Gasteiger partial charge in [0.15, 0.2) is 0 Å². The summed E-state index contributed by atoms with van der Waals surface area (Å²) in [4.78, 5) is 0. The monoisotopic (exact) mass is 176 g/mol. The summed E-state index contributed by atoms with van der Waals surface area (Å²) in [6.45, 7) is 6.86. The standard InChI is InChI=1S/C6H14.C4H10O.CH4/c1-3-5-6-4-2;1-2-3-4-5;/h3-6H2,1-2H3;5H,2-4H2,1H3;1H4. The molecule has 0 bridgehead atoms. The smallest absolute Gasteiger partial charge is 0.0430 e. The van der Waals surface area contributed by atoms with Crippen LogP contribution < -0.4 is 0 Å². The van der Waals surface area contributed by atoms with Crippen molar-refractivity contribution in [1.82, 2.24) is 0 Å². The fraction of sp³-hybridized carbons (Fsp3) is 1.00. The van der Waals surface area contributed by atoms with E-state index in [1.165, 1.54) is 25.7 Å². The lowest BCUT2D eigenvalue weighted by Gasteiger charge is -1.86. The van der Waals surface area contributed by atoms with Gasteiger partial charge in [0, 0.05) is 6.61 Å². The summed E-state index contributed by atoms with van der Waals surface area (Å²) in [5.74, 6) is 0. The summed E-state index contributed by atoms with van der Waals surface area (Å²) in [5.41, 5.74) is 0. The van der Waals surface area contributed by atoms with Crippen molar-refractivity contribution in [2.24, 2.45) is 0 Å². The molecule has 12 heavy (non-hydrogen) atoms. The van der Waals surface area contributed by atoms with Crippen LogP contribution in [0, 0.1) is 0 Å². The van der Waals surface area contributed by atoms with Crippen LogP contribution in [0.5, 0.6) is 0 Å². The second-order valence-electron chi connectivity index (χ2n) is 2.78. The molecule has 0 aromatic rings. The normalized spacial score (nSPS) is 8.00. The highest BCUT2D eigenvalue weighted by Crippen LogP contribution is 1.95. The number of hydrogen-bond acceptors (Lipinski definition) is 1. The number of aliphatic hydroxyl groups is 1. The Morgan fingerprint density at radius 1 is 0.750 bits per heavy atom. The quantitative estimate of drug-likeness (QED) is 0.628. The van der Waals surface area contributed by atoms with Gasteiger partial charge in [0.05, 0.1) is 0 Å². The van der Waals surface area contributed by atoms with Crippen LogP contribution in [-0.4, -0.2) is 11.7 Å². The van der Waals surface area contributed by atoms with Crippen LogP contribution in [0.2, 0.25) is 0 Å². The van der Waals surface area contributed by atoms with Gasteiger partial charge in [-0.25, -0.2) is 0 Å². The molecule has 0 heterocycles. The topological polar surface area (TPSA) is 20.2 Å². The summed E-state index contributed by atoms with van der Waals surface area (Å²) in [6, 6.07) is 0. The van der Waals surface area contributed by atoms with Gasteiger partial charge in [-0.3, -0.25) is 0 Å². The van der Waals surface area contributed by atoms with Crippen molar-refractivity contribution < 1.29 is 5.11 Å². The highest BCUT2D eigenvalue weighted by Gasteiger charge is 1.75. The summed E-state index contributed by atoms with van der Waals surface area (Å²) in [5, 5.41) is 8.07. The molecule has 1 N–H and O–H groups in total. The second-order valence-corrected chi connectivity index (χ2v) is 2.78. The van der Waals surface area contributed by atoms with Gasteiger partial charge in [-0.15, -0.1) is 0 Å². The molecule has 0 rings (SSSR count). The lowest BCUT2D eigenvalue weighted by Crippen LogP contribution is -1.75. The first kappa shape index (κ1) is 17.9. The van der Waals surface area contributed by atoms with Crippen molar-refractivity contribution >= 4 is 0 Å². The first-order chi connectivity index (χ1) is 5.33. The molecule has 0 aromatic heterocycles. The van der Waals surface area contributed by atoms with E-state index >= 15 is 0 Å². The van der Waals surface area contributed by atoms with Gasteiger partial charge >= 0.3 is 0 Å². The number of hydrogen-bond donors (Lipinski definition) is 1. The Hall–Kier alpha value is -0.0400. The lowest BCUT2D eigenvalue weighted by atomic mass is 10.2. The zero-order chi connectivity index (χ0) is 8.95. The van der Waals surface area contributed by atoms with Crippen molar-refractivity contribution in [2.75, 3.05) is 6.61 Å². The molecular weight excluding hydrogens is 148 g/mol. The molecule has 1 heteroatoms. The Kier molecular flexibility index (Phi) is 33.5. The van der Waals surface area contributed by atoms with E-state index in [4.69, 9.17) is 5.11 Å². The zero-order valence-corrected chi connectivity index (χ0v) is 8.40. The highest BCUT2D eigenvalue weighted by atomic mass is 16.2. The molecule has 78 valence electrons. The molecule has 0 saturated carbocycles. The molecular formula is C11H28O. The van der Waals surface area contributed by atoms with Crippen LogP contribution in [0.4, 0.5) is 0 Å². The molecule has 1 nitrogen and oxygen atoms in total. The van der Waals surface area contributed by atoms with Crippen molar-refractivity contribution in [3.8, 4) is 0 Å². The average Bonchev–Trinajstić information content (AvgIpc) is 2.04. The van der Waals surface area contributed by atoms with Gasteiger partial charge in [0.2, 0.25) is 0 Å². The summed E-state index contributed by atoms with van der Waals surface area (Å²) in [7, 11) is 0. The minimum atomic E-state index is 0. The third-order valence-corrected chi connectivity index (χ3v) is 1.47. The molecule has 0 radical (unpaired) electrons. The molecule has 0 saturated heterocycles. The fourth-order valence-electron chi connectivity index (χ4n) is 0.658. The maximum absolute atomic E-state index is 8.07. The molecule has 0 atom stereocenters. The van der Waals surface area contributed by atoms with E-state index in [0.29, 0.717) is 6.61 Å². The maximum atomic E-state index is 8.07. The Balaban J connectivity index is -0.000000126. The third kappa shape index (κ3) is 32.5. The van der Waals surface area contributed by atoms with Gasteiger partial charge in [0.1, 0.15) is 0 Å². The zero-order valence-electron chi connectivity index (χ0n) is 8.40. The van der Waals surface area contributed by atoms with Crippen LogP contribution >= 0.6 is 0 Å². The minimum Gasteiger partial charge on any atom is -0.396 e. The van der Waals surface area contributed by atoms with Crippen LogP contribution in [0.25, 0.3) is 0 Å². The molecule has 0 aliphatic rings. The number of unbranched alkanes of at least 4 members (excludes halogenated alkanes) is 4. The maximum Gasteiger partial charge on any atom is 0.0430 e. The van der Waals surface area contributed by atoms with E-state index in [-0.39, 0.29) is 7.43 Å². The minimum absolute atomic E-state index is 0. The van der Waals surface area contributed by atoms with Gasteiger partial charge in [-0.1, -0.05) is 60.3 Å². The number of aliphatic hydroxyl groups excluding tert-OH is 1. The van der Waals surface area contributed by atoms with E-state index in [2.05, 4.69) is 20.8 Å². The van der Waals surface area contributed by atoms with E-state index in [1.807, 2.05) is 0 Å². The van der Waals surface area contributed by atoms with Gasteiger partial charge in [0.25, 0.3) is 0 Å². The third-order valence-electron chi connectivity index (χ3n) is 1.47. The molecule has 0 spiro atoms. The van der Waals surface area contributed by atoms with E-state index < -0.39 is 0 Å². The largest absolute Gasteiger partial charge is 0.396 e. The van der Waals surface area contributed by atoms with Crippen LogP contribution in [-0.2, 0) is 0 Å². The Labute approximate surface area is 79.2 Å². The van der Waals surface area contributed by atoms with E-state index in [9.17, 15) is 0 Å². The van der Waals surface area contributed by atoms with Crippen LogP contribution in [0.1, 0.15) is 66.7 Å². The fourth-order valence-corrected chi connectivity index (χ4v) is 0.658. The predicted octanol–water partition coefficient (Wildman–Crippen LogP) is 4.00. The Bertz CT molecular complexity index is 38.3. The second kappa shape index (κ2) is 22.4. The summed E-state index contributed by atoms with van der Waals surface area (Å²) >= 11 is 0. The molecule has 0 amide bonds. The molecule has 0 aliphatic heterocycles. The Morgan fingerprint density at radius 3 is 1.17 bits per heavy atom. The average molecular weight is 176 g/mol.